The summed E-state index contributed by atoms with van der Waals surface area (Å²) in [6.45, 7) is 2.14. The Balaban J connectivity index is 2.69. The van der Waals surface area contributed by atoms with Crippen molar-refractivity contribution in [1.82, 2.24) is 0 Å². The number of ketones is 1. The molecule has 0 heterocycles. The Hall–Kier alpha value is -0.790. The predicted molar refractivity (Wildman–Crippen MR) is 52.4 cm³/mol. The molecule has 0 atom stereocenters. The minimum atomic E-state index is 0.302. The van der Waals surface area contributed by atoms with Crippen LogP contribution in [0.2, 0.25) is 0 Å². The van der Waals surface area contributed by atoms with Crippen molar-refractivity contribution in [2.45, 2.75) is 45.4 Å². The Kier molecular flexibility index (Phi) is 4.00. The molecule has 0 radical (unpaired) electrons. The Morgan fingerprint density at radius 2 is 2.15 bits per heavy atom. The first-order valence-corrected chi connectivity index (χ1v) is 5.08. The molecule has 74 valence electrons. The van der Waals surface area contributed by atoms with Gasteiger partial charge in [0, 0.05) is 18.4 Å². The molecule has 0 saturated heterocycles. The highest BCUT2D eigenvalue weighted by Crippen LogP contribution is 2.25. The van der Waals surface area contributed by atoms with Gasteiger partial charge in [0.1, 0.15) is 5.76 Å². The smallest absolute Gasteiger partial charge is 0.162 e. The quantitative estimate of drug-likeness (QED) is 0.668. The highest BCUT2D eigenvalue weighted by molar-refractivity contribution is 5.96. The fraction of sp³-hybridized carbons (Fsp3) is 0.727. The minimum Gasteiger partial charge on any atom is -0.501 e. The van der Waals surface area contributed by atoms with Crippen LogP contribution in [0.25, 0.3) is 0 Å². The zero-order chi connectivity index (χ0) is 9.68. The Labute approximate surface area is 80.0 Å². The van der Waals surface area contributed by atoms with E-state index < -0.39 is 0 Å². The van der Waals surface area contributed by atoms with Gasteiger partial charge in [-0.25, -0.2) is 0 Å². The third kappa shape index (κ3) is 2.58. The van der Waals surface area contributed by atoms with Crippen LogP contribution in [0.4, 0.5) is 0 Å². The van der Waals surface area contributed by atoms with Gasteiger partial charge in [0.05, 0.1) is 7.11 Å². The fourth-order valence-electron chi connectivity index (χ4n) is 1.72. The number of hydrogen-bond acceptors (Lipinski definition) is 2. The van der Waals surface area contributed by atoms with Crippen molar-refractivity contribution in [2.75, 3.05) is 7.11 Å². The maximum atomic E-state index is 11.5. The van der Waals surface area contributed by atoms with Crippen molar-refractivity contribution in [2.24, 2.45) is 0 Å². The molecule has 0 N–H and O–H groups in total. The summed E-state index contributed by atoms with van der Waals surface area (Å²) in [7, 11) is 1.67. The molecule has 0 aliphatic heterocycles. The van der Waals surface area contributed by atoms with Gasteiger partial charge in [0.2, 0.25) is 0 Å². The van der Waals surface area contributed by atoms with Crippen molar-refractivity contribution in [1.29, 1.82) is 0 Å². The van der Waals surface area contributed by atoms with Gasteiger partial charge < -0.3 is 4.74 Å². The van der Waals surface area contributed by atoms with Crippen LogP contribution in [0.5, 0.6) is 0 Å². The molecule has 0 aromatic rings. The zero-order valence-electron chi connectivity index (χ0n) is 8.56. The summed E-state index contributed by atoms with van der Waals surface area (Å²) in [6.07, 6.45) is 5.74. The van der Waals surface area contributed by atoms with Gasteiger partial charge in [0.25, 0.3) is 0 Å². The van der Waals surface area contributed by atoms with Gasteiger partial charge >= 0.3 is 0 Å². The Bertz CT molecular complexity index is 216. The molecule has 2 nitrogen and oxygen atoms in total. The molecule has 1 rings (SSSR count). The normalized spacial score (nSPS) is 17.8. The van der Waals surface area contributed by atoms with E-state index in [0.29, 0.717) is 12.2 Å². The van der Waals surface area contributed by atoms with E-state index in [1.54, 1.807) is 7.11 Å². The number of carbonyl (C=O) groups excluding carboxylic acids is 1. The maximum Gasteiger partial charge on any atom is 0.162 e. The van der Waals surface area contributed by atoms with Crippen molar-refractivity contribution < 1.29 is 9.53 Å². The molecule has 0 amide bonds. The van der Waals surface area contributed by atoms with Crippen LogP contribution < -0.4 is 0 Å². The van der Waals surface area contributed by atoms with E-state index in [0.717, 1.165) is 43.4 Å². The van der Waals surface area contributed by atoms with Crippen LogP contribution >= 0.6 is 0 Å². The number of ether oxygens (including phenoxy) is 1. The lowest BCUT2D eigenvalue weighted by molar-refractivity contribution is -0.116. The molecule has 0 saturated carbocycles. The summed E-state index contributed by atoms with van der Waals surface area (Å²) in [4.78, 5) is 11.5. The van der Waals surface area contributed by atoms with Gasteiger partial charge in [-0.15, -0.1) is 0 Å². The second-order valence-electron chi connectivity index (χ2n) is 3.49. The van der Waals surface area contributed by atoms with Crippen LogP contribution in [0.1, 0.15) is 45.4 Å². The van der Waals surface area contributed by atoms with E-state index in [1.807, 2.05) is 0 Å². The second kappa shape index (κ2) is 5.05. The van der Waals surface area contributed by atoms with Crippen LogP contribution in [0.3, 0.4) is 0 Å². The van der Waals surface area contributed by atoms with Crippen molar-refractivity contribution in [3.63, 3.8) is 0 Å². The van der Waals surface area contributed by atoms with E-state index in [9.17, 15) is 4.79 Å². The van der Waals surface area contributed by atoms with Gasteiger partial charge in [-0.05, 0) is 19.3 Å². The van der Waals surface area contributed by atoms with Gasteiger partial charge in [-0.3, -0.25) is 4.79 Å². The molecule has 1 aliphatic carbocycles. The molecule has 1 aliphatic rings. The summed E-state index contributed by atoms with van der Waals surface area (Å²) >= 11 is 0. The summed E-state index contributed by atoms with van der Waals surface area (Å²) in [6, 6.07) is 0. The standard InChI is InChI=1S/C11H18O2/c1-3-4-6-9-10(12)7-5-8-11(9)13-2/h3-8H2,1-2H3. The maximum absolute atomic E-state index is 11.5. The molecule has 0 fully saturated rings. The molecular weight excluding hydrogens is 164 g/mol. The average Bonchev–Trinajstić information content (AvgIpc) is 2.15. The van der Waals surface area contributed by atoms with Gasteiger partial charge in [0.15, 0.2) is 5.78 Å². The van der Waals surface area contributed by atoms with E-state index in [-0.39, 0.29) is 0 Å². The molecule has 13 heavy (non-hydrogen) atoms. The summed E-state index contributed by atoms with van der Waals surface area (Å²) in [5, 5.41) is 0. The fourth-order valence-corrected chi connectivity index (χ4v) is 1.72. The molecule has 2 heteroatoms. The Morgan fingerprint density at radius 3 is 2.77 bits per heavy atom. The SMILES string of the molecule is CCCCC1=C(OC)CCCC1=O. The largest absolute Gasteiger partial charge is 0.501 e. The highest BCUT2D eigenvalue weighted by atomic mass is 16.5. The number of carbonyl (C=O) groups is 1. The first-order valence-electron chi connectivity index (χ1n) is 5.08. The molecule has 0 unspecified atom stereocenters. The third-order valence-corrected chi connectivity index (χ3v) is 2.51. The molecule has 0 aromatic carbocycles. The monoisotopic (exact) mass is 182 g/mol. The number of Topliss-reactive ketones (excluding diaryl/α,β-unsaturated/α-hetero) is 1. The first kappa shape index (κ1) is 10.3. The van der Waals surface area contributed by atoms with Crippen LogP contribution in [-0.4, -0.2) is 12.9 Å². The molecular formula is C11H18O2. The summed E-state index contributed by atoms with van der Waals surface area (Å²) < 4.78 is 5.23. The van der Waals surface area contributed by atoms with Crippen molar-refractivity contribution >= 4 is 5.78 Å². The lowest BCUT2D eigenvalue weighted by Crippen LogP contribution is -2.12. The lowest BCUT2D eigenvalue weighted by Gasteiger charge is -2.17. The zero-order valence-corrected chi connectivity index (χ0v) is 8.56. The van der Waals surface area contributed by atoms with Crippen molar-refractivity contribution in [3.05, 3.63) is 11.3 Å². The summed E-state index contributed by atoms with van der Waals surface area (Å²) in [5.41, 5.74) is 0.954. The minimum absolute atomic E-state index is 0.302. The molecule has 0 spiro atoms. The van der Waals surface area contributed by atoms with Crippen LogP contribution in [-0.2, 0) is 9.53 Å². The van der Waals surface area contributed by atoms with E-state index in [2.05, 4.69) is 6.92 Å². The number of hydrogen-bond donors (Lipinski definition) is 0. The third-order valence-electron chi connectivity index (χ3n) is 2.51. The number of methoxy groups -OCH3 is 1. The highest BCUT2D eigenvalue weighted by Gasteiger charge is 2.20. The number of unbranched alkanes of at least 4 members (excludes halogenated alkanes) is 1. The van der Waals surface area contributed by atoms with Crippen molar-refractivity contribution in [3.8, 4) is 0 Å². The first-order chi connectivity index (χ1) is 6.29. The van der Waals surface area contributed by atoms with E-state index in [4.69, 9.17) is 4.74 Å². The topological polar surface area (TPSA) is 26.3 Å². The average molecular weight is 182 g/mol. The number of rotatable bonds is 4. The predicted octanol–water partition coefficient (Wildman–Crippen LogP) is 2.83. The van der Waals surface area contributed by atoms with Gasteiger partial charge in [-0.2, -0.15) is 0 Å². The molecule has 0 bridgehead atoms. The van der Waals surface area contributed by atoms with Crippen LogP contribution in [0, 0.1) is 0 Å². The number of allylic oxidation sites excluding steroid dienone is 2. The summed E-state index contributed by atoms with van der Waals surface area (Å²) in [5.74, 6) is 1.24. The van der Waals surface area contributed by atoms with Gasteiger partial charge in [-0.1, -0.05) is 13.3 Å². The van der Waals surface area contributed by atoms with E-state index >= 15 is 0 Å². The molecule has 0 aromatic heterocycles. The lowest BCUT2D eigenvalue weighted by atomic mass is 9.92. The Morgan fingerprint density at radius 1 is 1.38 bits per heavy atom. The van der Waals surface area contributed by atoms with E-state index in [1.165, 1.54) is 0 Å². The second-order valence-corrected chi connectivity index (χ2v) is 3.49. The van der Waals surface area contributed by atoms with Crippen LogP contribution in [0.15, 0.2) is 11.3 Å².